The number of piperidine rings is 2. The number of carbonyl (C=O) groups excluding carboxylic acids is 2. The maximum atomic E-state index is 13.5. The van der Waals surface area contributed by atoms with E-state index in [1.165, 1.54) is 0 Å². The Balaban J connectivity index is 1.71. The fourth-order valence-corrected chi connectivity index (χ4v) is 6.25. The molecule has 0 N–H and O–H groups in total. The van der Waals surface area contributed by atoms with Crippen LogP contribution < -0.4 is 4.90 Å². The summed E-state index contributed by atoms with van der Waals surface area (Å²) in [5, 5.41) is 0. The van der Waals surface area contributed by atoms with Gasteiger partial charge in [-0.25, -0.2) is 0 Å². The van der Waals surface area contributed by atoms with Gasteiger partial charge in [-0.3, -0.25) is 19.4 Å². The highest BCUT2D eigenvalue weighted by Crippen LogP contribution is 2.59. The zero-order chi connectivity index (χ0) is 17.6. The van der Waals surface area contributed by atoms with E-state index in [4.69, 9.17) is 0 Å². The molecular formula is C20H25N3O2. The van der Waals surface area contributed by atoms with Gasteiger partial charge in [0.15, 0.2) is 5.66 Å². The van der Waals surface area contributed by atoms with Gasteiger partial charge in [0.1, 0.15) is 5.78 Å². The van der Waals surface area contributed by atoms with E-state index >= 15 is 0 Å². The van der Waals surface area contributed by atoms with Crippen molar-refractivity contribution >= 4 is 17.4 Å². The molecule has 1 aromatic carbocycles. The minimum Gasteiger partial charge on any atom is -0.312 e. The topological polar surface area (TPSA) is 43.9 Å². The lowest BCUT2D eigenvalue weighted by molar-refractivity contribution is -0.231. The Morgan fingerprint density at radius 3 is 2.32 bits per heavy atom. The predicted octanol–water partition coefficient (Wildman–Crippen LogP) is 1.82. The van der Waals surface area contributed by atoms with Crippen molar-refractivity contribution in [1.82, 2.24) is 9.80 Å². The molecule has 0 aliphatic carbocycles. The number of para-hydroxylation sites is 1. The van der Waals surface area contributed by atoms with E-state index in [1.54, 1.807) is 4.90 Å². The lowest BCUT2D eigenvalue weighted by atomic mass is 9.58. The maximum Gasteiger partial charge on any atom is 0.267 e. The third kappa shape index (κ3) is 1.53. The number of amides is 1. The van der Waals surface area contributed by atoms with Crippen LogP contribution in [0.15, 0.2) is 24.3 Å². The van der Waals surface area contributed by atoms with Gasteiger partial charge in [-0.15, -0.1) is 0 Å². The fraction of sp³-hybridized carbons (Fsp3) is 0.600. The number of rotatable bonds is 2. The van der Waals surface area contributed by atoms with Crippen LogP contribution in [-0.4, -0.2) is 54.7 Å². The summed E-state index contributed by atoms with van der Waals surface area (Å²) < 4.78 is 0. The number of likely N-dealkylation sites (N-methyl/N-ethyl adjacent to an activating group) is 1. The van der Waals surface area contributed by atoms with Crippen molar-refractivity contribution in [2.45, 2.75) is 32.4 Å². The molecule has 4 saturated heterocycles. The highest BCUT2D eigenvalue weighted by atomic mass is 16.2. The second-order valence-corrected chi connectivity index (χ2v) is 8.69. The van der Waals surface area contributed by atoms with Crippen molar-refractivity contribution in [2.75, 3.05) is 38.1 Å². The fourth-order valence-electron chi connectivity index (χ4n) is 6.25. The second-order valence-electron chi connectivity index (χ2n) is 8.69. The summed E-state index contributed by atoms with van der Waals surface area (Å²) in [5.41, 5.74) is 0.725. The average Bonchev–Trinajstić information content (AvgIpc) is 2.79. The van der Waals surface area contributed by atoms with Gasteiger partial charge in [0.05, 0.1) is 16.5 Å². The highest BCUT2D eigenvalue weighted by Gasteiger charge is 2.72. The normalized spacial score (nSPS) is 44.0. The molecule has 132 valence electrons. The van der Waals surface area contributed by atoms with Crippen molar-refractivity contribution in [3.05, 3.63) is 29.8 Å². The van der Waals surface area contributed by atoms with Crippen LogP contribution in [0.4, 0.5) is 5.69 Å². The minimum absolute atomic E-state index is 0.134. The van der Waals surface area contributed by atoms with Crippen molar-refractivity contribution in [2.24, 2.45) is 10.8 Å². The highest BCUT2D eigenvalue weighted by molar-refractivity contribution is 6.08. The smallest absolute Gasteiger partial charge is 0.267 e. The molecule has 0 aromatic heterocycles. The second kappa shape index (κ2) is 4.51. The van der Waals surface area contributed by atoms with Gasteiger partial charge in [0.25, 0.3) is 5.91 Å². The summed E-state index contributed by atoms with van der Waals surface area (Å²) in [5.74, 6) is 0.562. The van der Waals surface area contributed by atoms with E-state index < -0.39 is 5.66 Å². The first-order valence-corrected chi connectivity index (χ1v) is 9.32. The Hall–Kier alpha value is -1.72. The monoisotopic (exact) mass is 339 g/mol. The Morgan fingerprint density at radius 1 is 1.04 bits per heavy atom. The zero-order valence-electron chi connectivity index (χ0n) is 15.2. The van der Waals surface area contributed by atoms with Crippen LogP contribution >= 0.6 is 0 Å². The third-order valence-electron chi connectivity index (χ3n) is 6.98. The Morgan fingerprint density at radius 2 is 1.68 bits per heavy atom. The Kier molecular flexibility index (Phi) is 2.80. The molecule has 4 fully saturated rings. The SMILES string of the molecule is CCCC12CN3CC(C)(CN(C1)C31C(=O)N(C)c3ccccc31)C2=O. The van der Waals surface area contributed by atoms with Crippen LogP contribution in [0.3, 0.4) is 0 Å². The summed E-state index contributed by atoms with van der Waals surface area (Å²) in [4.78, 5) is 33.2. The van der Waals surface area contributed by atoms with Gasteiger partial charge in [-0.2, -0.15) is 0 Å². The number of fused-ring (bicyclic) bond motifs is 1. The minimum atomic E-state index is -0.706. The summed E-state index contributed by atoms with van der Waals surface area (Å²) in [7, 11) is 1.87. The van der Waals surface area contributed by atoms with Crippen LogP contribution in [0.25, 0.3) is 0 Å². The average molecular weight is 339 g/mol. The molecule has 1 amide bonds. The van der Waals surface area contributed by atoms with Crippen LogP contribution in [0.5, 0.6) is 0 Å². The summed E-state index contributed by atoms with van der Waals surface area (Å²) in [6, 6.07) is 8.14. The van der Waals surface area contributed by atoms with E-state index in [0.717, 1.165) is 24.1 Å². The number of anilines is 1. The van der Waals surface area contributed by atoms with Gasteiger partial charge in [0, 0.05) is 38.8 Å². The van der Waals surface area contributed by atoms with Crippen LogP contribution in [0.2, 0.25) is 0 Å². The van der Waals surface area contributed by atoms with Gasteiger partial charge >= 0.3 is 0 Å². The molecule has 2 unspecified atom stereocenters. The molecule has 1 aromatic rings. The molecule has 6 rings (SSSR count). The van der Waals surface area contributed by atoms with E-state index in [2.05, 4.69) is 29.7 Å². The van der Waals surface area contributed by atoms with Crippen LogP contribution in [0.1, 0.15) is 32.3 Å². The number of nitrogens with zero attached hydrogens (tertiary/aromatic N) is 3. The third-order valence-corrected chi connectivity index (χ3v) is 6.98. The number of hydrogen-bond donors (Lipinski definition) is 0. The molecular weight excluding hydrogens is 314 g/mol. The van der Waals surface area contributed by atoms with Gasteiger partial charge in [-0.1, -0.05) is 38.5 Å². The van der Waals surface area contributed by atoms with Gasteiger partial charge in [0.2, 0.25) is 0 Å². The predicted molar refractivity (Wildman–Crippen MR) is 95.1 cm³/mol. The number of benzene rings is 1. The van der Waals surface area contributed by atoms with Crippen molar-refractivity contribution in [1.29, 1.82) is 0 Å². The van der Waals surface area contributed by atoms with E-state index in [1.807, 2.05) is 25.2 Å². The number of hydrogen-bond acceptors (Lipinski definition) is 4. The first-order chi connectivity index (χ1) is 11.9. The maximum absolute atomic E-state index is 13.5. The van der Waals surface area contributed by atoms with Crippen molar-refractivity contribution in [3.8, 4) is 0 Å². The molecule has 25 heavy (non-hydrogen) atoms. The molecule has 5 heteroatoms. The summed E-state index contributed by atoms with van der Waals surface area (Å²) in [6.45, 7) is 7.03. The summed E-state index contributed by atoms with van der Waals surface area (Å²) >= 11 is 0. The molecule has 2 atom stereocenters. The molecule has 5 aliphatic heterocycles. The number of carbonyl (C=O) groups is 2. The number of ketones is 1. The zero-order valence-corrected chi connectivity index (χ0v) is 15.2. The molecule has 4 bridgehead atoms. The van der Waals surface area contributed by atoms with Gasteiger partial charge in [-0.05, 0) is 12.5 Å². The first-order valence-electron chi connectivity index (χ1n) is 9.32. The van der Waals surface area contributed by atoms with E-state index in [0.29, 0.717) is 32.0 Å². The molecule has 0 radical (unpaired) electrons. The van der Waals surface area contributed by atoms with Crippen molar-refractivity contribution in [3.63, 3.8) is 0 Å². The molecule has 5 nitrogen and oxygen atoms in total. The molecule has 0 saturated carbocycles. The first kappa shape index (κ1) is 15.5. The summed E-state index contributed by atoms with van der Waals surface area (Å²) in [6.07, 6.45) is 1.91. The van der Waals surface area contributed by atoms with Crippen molar-refractivity contribution < 1.29 is 9.59 Å². The largest absolute Gasteiger partial charge is 0.312 e. The lowest BCUT2D eigenvalue weighted by Gasteiger charge is -2.68. The molecule has 5 aliphatic rings. The Labute approximate surface area is 148 Å². The lowest BCUT2D eigenvalue weighted by Crippen LogP contribution is -2.83. The van der Waals surface area contributed by atoms with E-state index in [-0.39, 0.29) is 16.7 Å². The van der Waals surface area contributed by atoms with Crippen LogP contribution in [0, 0.1) is 10.8 Å². The molecule has 1 spiro atoms. The van der Waals surface area contributed by atoms with Gasteiger partial charge < -0.3 is 4.90 Å². The quantitative estimate of drug-likeness (QED) is 0.824. The number of Topliss-reactive ketones (excluding diaryl/α,β-unsaturated/α-hetero) is 1. The standard InChI is InChI=1S/C20H25N3O2/c1-4-9-19-12-22-10-18(2,16(19)24)11-23(13-19)20(22)14-7-5-6-8-15(14)21(3)17(20)25/h5-8H,4,9-13H2,1-3H3. The van der Waals surface area contributed by atoms with Crippen LogP contribution in [-0.2, 0) is 15.3 Å². The molecule has 5 heterocycles. The Bertz CT molecular complexity index is 786. The van der Waals surface area contributed by atoms with E-state index in [9.17, 15) is 9.59 Å².